The Morgan fingerprint density at radius 3 is 2.52 bits per heavy atom. The Morgan fingerprint density at radius 2 is 1.95 bits per heavy atom. The molecule has 0 bridgehead atoms. The number of aryl methyl sites for hydroxylation is 1. The number of nitrogens with zero attached hydrogens (tertiary/aromatic N) is 1. The van der Waals surface area contributed by atoms with Gasteiger partial charge in [0.05, 0.1) is 0 Å². The largest absolute Gasteiger partial charge is 0.481 e. The van der Waals surface area contributed by atoms with Crippen LogP contribution in [0.4, 0.5) is 0 Å². The second-order valence-electron chi connectivity index (χ2n) is 5.79. The van der Waals surface area contributed by atoms with Crippen molar-refractivity contribution in [2.45, 2.75) is 45.8 Å². The Morgan fingerprint density at radius 1 is 1.33 bits per heavy atom. The fraction of sp³-hybridized carbons (Fsp3) is 0.588. The van der Waals surface area contributed by atoms with Crippen molar-refractivity contribution in [2.24, 2.45) is 0 Å². The van der Waals surface area contributed by atoms with E-state index in [-0.39, 0.29) is 11.9 Å². The van der Waals surface area contributed by atoms with Gasteiger partial charge >= 0.3 is 0 Å². The number of likely N-dealkylation sites (tertiary alicyclic amines) is 1. The van der Waals surface area contributed by atoms with E-state index in [4.69, 9.17) is 4.74 Å². The quantitative estimate of drug-likeness (QED) is 0.905. The van der Waals surface area contributed by atoms with Crippen molar-refractivity contribution in [3.05, 3.63) is 29.8 Å². The van der Waals surface area contributed by atoms with Gasteiger partial charge in [0.1, 0.15) is 5.75 Å². The lowest BCUT2D eigenvalue weighted by atomic mass is 10.0. The van der Waals surface area contributed by atoms with Gasteiger partial charge in [-0.1, -0.05) is 24.6 Å². The normalized spacial score (nSPS) is 18.2. The molecule has 0 unspecified atom stereocenters. The molecule has 0 aromatic heterocycles. The van der Waals surface area contributed by atoms with Crippen molar-refractivity contribution in [2.75, 3.05) is 19.6 Å². The molecule has 1 aliphatic rings. The molecule has 1 amide bonds. The molecule has 1 saturated heterocycles. The number of carbonyl (C=O) groups is 1. The molecule has 116 valence electrons. The topological polar surface area (TPSA) is 41.6 Å². The van der Waals surface area contributed by atoms with Gasteiger partial charge in [0.15, 0.2) is 6.10 Å². The first-order chi connectivity index (χ1) is 10.1. The summed E-state index contributed by atoms with van der Waals surface area (Å²) in [5.74, 6) is 0.717. The molecule has 21 heavy (non-hydrogen) atoms. The molecule has 1 aromatic carbocycles. The molecule has 1 heterocycles. The highest BCUT2D eigenvalue weighted by Gasteiger charge is 2.22. The Bertz CT molecular complexity index is 450. The van der Waals surface area contributed by atoms with Crippen LogP contribution in [0.15, 0.2) is 24.3 Å². The molecule has 4 nitrogen and oxygen atoms in total. The summed E-state index contributed by atoms with van der Waals surface area (Å²) in [5.41, 5.74) is 1.18. The van der Waals surface area contributed by atoms with Crippen LogP contribution >= 0.6 is 0 Å². The number of carbonyl (C=O) groups excluding carboxylic acids is 1. The average molecular weight is 290 g/mol. The van der Waals surface area contributed by atoms with E-state index in [2.05, 4.69) is 17.1 Å². The molecule has 0 radical (unpaired) electrons. The zero-order valence-electron chi connectivity index (χ0n) is 13.3. The van der Waals surface area contributed by atoms with E-state index in [0.717, 1.165) is 38.2 Å². The molecule has 0 spiro atoms. The van der Waals surface area contributed by atoms with E-state index >= 15 is 0 Å². The van der Waals surface area contributed by atoms with E-state index in [0.29, 0.717) is 0 Å². The lowest BCUT2D eigenvalue weighted by Crippen LogP contribution is -2.48. The van der Waals surface area contributed by atoms with Gasteiger partial charge < -0.3 is 15.0 Å². The zero-order valence-corrected chi connectivity index (χ0v) is 13.3. The molecule has 2 rings (SSSR count). The summed E-state index contributed by atoms with van der Waals surface area (Å²) in [5, 5.41) is 3.10. The summed E-state index contributed by atoms with van der Waals surface area (Å²) in [6.45, 7) is 9.23. The van der Waals surface area contributed by atoms with Crippen molar-refractivity contribution in [3.8, 4) is 5.75 Å². The van der Waals surface area contributed by atoms with Crippen LogP contribution in [-0.2, 0) is 4.79 Å². The number of hydrogen-bond acceptors (Lipinski definition) is 3. The summed E-state index contributed by atoms with van der Waals surface area (Å²) in [4.78, 5) is 14.6. The van der Waals surface area contributed by atoms with Crippen LogP contribution in [0, 0.1) is 6.92 Å². The number of piperidine rings is 1. The first-order valence-corrected chi connectivity index (χ1v) is 7.84. The second kappa shape index (κ2) is 7.46. The molecular formula is C17H26N2O2. The van der Waals surface area contributed by atoms with Crippen LogP contribution in [0.3, 0.4) is 0 Å². The third kappa shape index (κ3) is 4.74. The van der Waals surface area contributed by atoms with Gasteiger partial charge in [-0.3, -0.25) is 4.79 Å². The van der Waals surface area contributed by atoms with Gasteiger partial charge in [0.25, 0.3) is 5.91 Å². The Kier molecular flexibility index (Phi) is 5.62. The Balaban J connectivity index is 1.78. The van der Waals surface area contributed by atoms with Crippen LogP contribution < -0.4 is 10.1 Å². The number of nitrogens with one attached hydrogen (secondary N) is 1. The van der Waals surface area contributed by atoms with E-state index in [1.54, 1.807) is 6.92 Å². The molecule has 4 heteroatoms. The predicted molar refractivity (Wildman–Crippen MR) is 84.5 cm³/mol. The monoisotopic (exact) mass is 290 g/mol. The molecule has 1 N–H and O–H groups in total. The minimum atomic E-state index is -0.461. The summed E-state index contributed by atoms with van der Waals surface area (Å²) in [7, 11) is 0. The molecule has 1 aromatic rings. The van der Waals surface area contributed by atoms with Crippen molar-refractivity contribution >= 4 is 5.91 Å². The summed E-state index contributed by atoms with van der Waals surface area (Å²) in [6, 6.07) is 8.06. The summed E-state index contributed by atoms with van der Waals surface area (Å²) < 4.78 is 5.69. The number of ether oxygens (including phenoxy) is 1. The SMILES string of the molecule is CCN1CCC(NC(=O)[C@@H](C)Oc2ccc(C)cc2)CC1. The minimum Gasteiger partial charge on any atom is -0.481 e. The van der Waals surface area contributed by atoms with Gasteiger partial charge in [0.2, 0.25) is 0 Å². The smallest absolute Gasteiger partial charge is 0.260 e. The zero-order chi connectivity index (χ0) is 15.2. The van der Waals surface area contributed by atoms with E-state index in [1.165, 1.54) is 5.56 Å². The maximum Gasteiger partial charge on any atom is 0.260 e. The number of hydrogen-bond donors (Lipinski definition) is 1. The predicted octanol–water partition coefficient (Wildman–Crippen LogP) is 2.36. The fourth-order valence-corrected chi connectivity index (χ4v) is 2.59. The first kappa shape index (κ1) is 15.8. The number of amides is 1. The highest BCUT2D eigenvalue weighted by Crippen LogP contribution is 2.14. The molecule has 1 fully saturated rings. The molecular weight excluding hydrogens is 264 g/mol. The lowest BCUT2D eigenvalue weighted by molar-refractivity contribution is -0.128. The number of benzene rings is 1. The third-order valence-corrected chi connectivity index (χ3v) is 4.08. The van der Waals surface area contributed by atoms with Crippen LogP contribution in [0.2, 0.25) is 0 Å². The molecule has 0 saturated carbocycles. The highest BCUT2D eigenvalue weighted by atomic mass is 16.5. The van der Waals surface area contributed by atoms with Gasteiger partial charge in [-0.2, -0.15) is 0 Å². The fourth-order valence-electron chi connectivity index (χ4n) is 2.59. The molecule has 1 atom stereocenters. The average Bonchev–Trinajstić information content (AvgIpc) is 2.50. The molecule has 1 aliphatic heterocycles. The molecule has 0 aliphatic carbocycles. The van der Waals surface area contributed by atoms with E-state index < -0.39 is 6.10 Å². The highest BCUT2D eigenvalue weighted by molar-refractivity contribution is 5.81. The van der Waals surface area contributed by atoms with Crippen molar-refractivity contribution in [1.82, 2.24) is 10.2 Å². The van der Waals surface area contributed by atoms with Crippen LogP contribution in [0.1, 0.15) is 32.3 Å². The van der Waals surface area contributed by atoms with Crippen molar-refractivity contribution < 1.29 is 9.53 Å². The van der Waals surface area contributed by atoms with Crippen LogP contribution in [0.25, 0.3) is 0 Å². The van der Waals surface area contributed by atoms with Crippen molar-refractivity contribution in [3.63, 3.8) is 0 Å². The maximum absolute atomic E-state index is 12.2. The van der Waals surface area contributed by atoms with Crippen LogP contribution in [-0.4, -0.2) is 42.6 Å². The number of rotatable bonds is 5. The Hall–Kier alpha value is -1.55. The van der Waals surface area contributed by atoms with Gasteiger partial charge in [-0.25, -0.2) is 0 Å². The third-order valence-electron chi connectivity index (χ3n) is 4.08. The first-order valence-electron chi connectivity index (χ1n) is 7.84. The minimum absolute atomic E-state index is 0.0227. The lowest BCUT2D eigenvalue weighted by Gasteiger charge is -2.32. The Labute approximate surface area is 127 Å². The van der Waals surface area contributed by atoms with Gasteiger partial charge in [-0.15, -0.1) is 0 Å². The van der Waals surface area contributed by atoms with Crippen LogP contribution in [0.5, 0.6) is 5.75 Å². The van der Waals surface area contributed by atoms with Crippen molar-refractivity contribution in [1.29, 1.82) is 0 Å². The van der Waals surface area contributed by atoms with Gasteiger partial charge in [0, 0.05) is 19.1 Å². The van der Waals surface area contributed by atoms with E-state index in [1.807, 2.05) is 31.2 Å². The van der Waals surface area contributed by atoms with E-state index in [9.17, 15) is 4.79 Å². The summed E-state index contributed by atoms with van der Waals surface area (Å²) >= 11 is 0. The summed E-state index contributed by atoms with van der Waals surface area (Å²) in [6.07, 6.45) is 1.59. The maximum atomic E-state index is 12.2. The van der Waals surface area contributed by atoms with Gasteiger partial charge in [-0.05, 0) is 45.4 Å². The second-order valence-corrected chi connectivity index (χ2v) is 5.79. The standard InChI is InChI=1S/C17H26N2O2/c1-4-19-11-9-15(10-12-19)18-17(20)14(3)21-16-7-5-13(2)6-8-16/h5-8,14-15H,4,9-12H2,1-3H3,(H,18,20)/t14-/m1/s1.